The van der Waals surface area contributed by atoms with Crippen LogP contribution in [0.25, 0.3) is 0 Å². The van der Waals surface area contributed by atoms with Crippen LogP contribution in [0.1, 0.15) is 45.9 Å². The van der Waals surface area contributed by atoms with Crippen LogP contribution in [0.5, 0.6) is 0 Å². The Labute approximate surface area is 264 Å². The molecule has 0 unspecified atom stereocenters. The highest BCUT2D eigenvalue weighted by molar-refractivity contribution is 5.71. The van der Waals surface area contributed by atoms with Gasteiger partial charge in [-0.25, -0.2) is 24.2 Å². The lowest BCUT2D eigenvalue weighted by molar-refractivity contribution is 0.248. The minimum atomic E-state index is -0.490. The quantitative estimate of drug-likeness (QED) is 0.166. The van der Waals surface area contributed by atoms with Gasteiger partial charge in [-0.1, -0.05) is 84.8 Å². The number of benzene rings is 4. The van der Waals surface area contributed by atoms with E-state index >= 15 is 0 Å². The highest BCUT2D eigenvalue weighted by Crippen LogP contribution is 2.15. The van der Waals surface area contributed by atoms with E-state index in [-0.39, 0.29) is 0 Å². The summed E-state index contributed by atoms with van der Waals surface area (Å²) in [5.41, 5.74) is 14.2. The number of aliphatic imine (C=N–C) groups is 3. The van der Waals surface area contributed by atoms with Crippen molar-refractivity contribution in [2.75, 3.05) is 0 Å². The van der Waals surface area contributed by atoms with E-state index in [2.05, 4.69) is 27.2 Å². The molecule has 4 aromatic carbocycles. The molecule has 0 bridgehead atoms. The molecule has 9 heteroatoms. The van der Waals surface area contributed by atoms with Crippen LogP contribution >= 0.6 is 0 Å². The number of amides is 2. The van der Waals surface area contributed by atoms with E-state index in [9.17, 15) is 19.2 Å². The summed E-state index contributed by atoms with van der Waals surface area (Å²) in [6.45, 7) is 11.0. The van der Waals surface area contributed by atoms with Crippen molar-refractivity contribution in [3.63, 3.8) is 0 Å². The molecular formula is C36H39N5O4. The number of aryl methyl sites for hydroxylation is 5. The van der Waals surface area contributed by atoms with Crippen LogP contribution in [0.3, 0.4) is 0 Å². The van der Waals surface area contributed by atoms with Gasteiger partial charge in [0.1, 0.15) is 0 Å². The summed E-state index contributed by atoms with van der Waals surface area (Å²) >= 11 is 0. The second kappa shape index (κ2) is 21.9. The summed E-state index contributed by atoms with van der Waals surface area (Å²) in [4.78, 5) is 50.3. The van der Waals surface area contributed by atoms with Crippen molar-refractivity contribution < 1.29 is 19.2 Å². The number of nitrogens with one attached hydrogen (secondary N) is 1. The average Bonchev–Trinajstić information content (AvgIpc) is 3.01. The molecule has 232 valence electrons. The Bertz CT molecular complexity index is 1610. The largest absolute Gasteiger partial charge is 0.352 e. The normalized spacial score (nSPS) is 9.00. The van der Waals surface area contributed by atoms with E-state index in [4.69, 9.17) is 5.73 Å². The molecule has 0 aliphatic carbocycles. The van der Waals surface area contributed by atoms with Crippen molar-refractivity contribution >= 4 is 35.6 Å². The minimum Gasteiger partial charge on any atom is -0.352 e. The summed E-state index contributed by atoms with van der Waals surface area (Å²) in [6, 6.07) is 28.6. The lowest BCUT2D eigenvalue weighted by Crippen LogP contribution is -2.28. The molecule has 0 saturated carbocycles. The Morgan fingerprint density at radius 3 is 1.73 bits per heavy atom. The molecule has 4 rings (SSSR count). The summed E-state index contributed by atoms with van der Waals surface area (Å²) in [7, 11) is 0. The van der Waals surface area contributed by atoms with Crippen LogP contribution in [-0.2, 0) is 33.9 Å². The third-order valence-electron chi connectivity index (χ3n) is 5.90. The van der Waals surface area contributed by atoms with E-state index in [1.54, 1.807) is 0 Å². The van der Waals surface area contributed by atoms with Crippen molar-refractivity contribution in [1.29, 1.82) is 0 Å². The first-order valence-corrected chi connectivity index (χ1v) is 14.1. The SMILES string of the molecule is CCc1ccc(N=C=O)cc1.Cc1cc(C)cc(N=C=O)c1.Cc1ccc(CNC(N)=O)cc1.Cc1cccc(CN=C=O)c1. The van der Waals surface area contributed by atoms with Gasteiger partial charge < -0.3 is 11.1 Å². The molecule has 3 N–H and O–H groups in total. The number of primary amides is 1. The van der Waals surface area contributed by atoms with Crippen molar-refractivity contribution in [2.45, 2.75) is 54.1 Å². The van der Waals surface area contributed by atoms with Gasteiger partial charge in [0, 0.05) is 6.54 Å². The number of hydrogen-bond acceptors (Lipinski definition) is 7. The highest BCUT2D eigenvalue weighted by Gasteiger charge is 1.94. The number of carbonyl (C=O) groups is 1. The monoisotopic (exact) mass is 605 g/mol. The molecule has 0 fully saturated rings. The Hall–Kier alpha value is -5.71. The second-order valence-corrected chi connectivity index (χ2v) is 9.87. The van der Waals surface area contributed by atoms with Crippen molar-refractivity contribution in [3.05, 3.63) is 130 Å². The number of hydrogen-bond donors (Lipinski definition) is 2. The molecule has 9 nitrogen and oxygen atoms in total. The lowest BCUT2D eigenvalue weighted by Gasteiger charge is -2.01. The highest BCUT2D eigenvalue weighted by atomic mass is 16.2. The third-order valence-corrected chi connectivity index (χ3v) is 5.90. The topological polar surface area (TPSA) is 143 Å². The molecule has 0 saturated heterocycles. The van der Waals surface area contributed by atoms with E-state index < -0.39 is 6.03 Å². The minimum absolute atomic E-state index is 0.436. The molecule has 0 atom stereocenters. The molecule has 0 radical (unpaired) electrons. The van der Waals surface area contributed by atoms with Crippen molar-refractivity contribution in [2.24, 2.45) is 20.7 Å². The van der Waals surface area contributed by atoms with E-state index in [0.717, 1.165) is 28.7 Å². The van der Waals surface area contributed by atoms with E-state index in [0.29, 0.717) is 24.5 Å². The number of rotatable bonds is 7. The van der Waals surface area contributed by atoms with E-state index in [1.165, 1.54) is 34.9 Å². The summed E-state index contributed by atoms with van der Waals surface area (Å²) in [5.74, 6) is 0. The molecule has 0 aromatic heterocycles. The molecule has 0 heterocycles. The average molecular weight is 606 g/mol. The molecule has 4 aromatic rings. The first kappa shape index (κ1) is 37.3. The van der Waals surface area contributed by atoms with Crippen molar-refractivity contribution in [1.82, 2.24) is 5.32 Å². The summed E-state index contributed by atoms with van der Waals surface area (Å²) < 4.78 is 0. The first-order valence-electron chi connectivity index (χ1n) is 14.1. The van der Waals surface area contributed by atoms with Crippen LogP contribution in [0.15, 0.2) is 106 Å². The Balaban J connectivity index is 0.000000300. The summed E-state index contributed by atoms with van der Waals surface area (Å²) in [5, 5.41) is 2.52. The lowest BCUT2D eigenvalue weighted by atomic mass is 10.1. The zero-order valence-electron chi connectivity index (χ0n) is 26.3. The van der Waals surface area contributed by atoms with E-state index in [1.807, 2.05) is 119 Å². The fourth-order valence-electron chi connectivity index (χ4n) is 3.76. The molecule has 45 heavy (non-hydrogen) atoms. The fraction of sp³-hybridized carbons (Fsp3) is 0.222. The molecule has 0 aliphatic heterocycles. The number of nitrogens with two attached hydrogens (primary N) is 1. The smallest absolute Gasteiger partial charge is 0.312 e. The molecule has 2 amide bonds. The number of nitrogens with zero attached hydrogens (tertiary/aromatic N) is 3. The van der Waals surface area contributed by atoms with Gasteiger partial charge >= 0.3 is 6.03 Å². The first-order chi connectivity index (χ1) is 21.6. The number of isocyanates is 3. The van der Waals surface area contributed by atoms with Crippen LogP contribution in [0, 0.1) is 27.7 Å². The maximum atomic E-state index is 10.4. The van der Waals surface area contributed by atoms with Gasteiger partial charge in [-0.3, -0.25) is 0 Å². The zero-order valence-corrected chi connectivity index (χ0v) is 26.3. The number of carbonyl (C=O) groups excluding carboxylic acids is 4. The summed E-state index contributed by atoms with van der Waals surface area (Å²) in [6.07, 6.45) is 5.53. The Morgan fingerprint density at radius 1 is 0.644 bits per heavy atom. The van der Waals surface area contributed by atoms with Gasteiger partial charge in [-0.15, -0.1) is 0 Å². The molecule has 0 spiro atoms. The Morgan fingerprint density at radius 2 is 1.22 bits per heavy atom. The van der Waals surface area contributed by atoms with Crippen LogP contribution in [0.2, 0.25) is 0 Å². The molecular weight excluding hydrogens is 566 g/mol. The maximum Gasteiger partial charge on any atom is 0.312 e. The predicted molar refractivity (Wildman–Crippen MR) is 178 cm³/mol. The van der Waals surface area contributed by atoms with Gasteiger partial charge in [-0.2, -0.15) is 9.98 Å². The van der Waals surface area contributed by atoms with Gasteiger partial charge in [-0.05, 0) is 86.2 Å². The van der Waals surface area contributed by atoms with Crippen LogP contribution in [-0.4, -0.2) is 24.3 Å². The second-order valence-electron chi connectivity index (χ2n) is 9.87. The van der Waals surface area contributed by atoms with Gasteiger partial charge in [0.15, 0.2) is 0 Å². The van der Waals surface area contributed by atoms with Gasteiger partial charge in [0.2, 0.25) is 18.2 Å². The van der Waals surface area contributed by atoms with Gasteiger partial charge in [0.05, 0.1) is 17.9 Å². The zero-order chi connectivity index (χ0) is 33.5. The standard InChI is InChI=1S/C9H12N2O.3C9H9NO/c1-7-2-4-8(5-3-7)6-11-9(10)12;1-7-3-8(2)5-9(4-7)10-6-11;1-8-3-2-4-9(5-8)6-10-7-11;1-2-8-3-5-9(6-4-8)10-7-11/h2-5H,6H2,1H3,(H3,10,11,12);3-5H,1-2H3;2-5H,6H2,1H3;3-6H,2H2,1H3. The number of urea groups is 1. The maximum absolute atomic E-state index is 10.4. The van der Waals surface area contributed by atoms with Crippen LogP contribution in [0.4, 0.5) is 16.2 Å². The fourth-order valence-corrected chi connectivity index (χ4v) is 3.76. The predicted octanol–water partition coefficient (Wildman–Crippen LogP) is 7.48. The third kappa shape index (κ3) is 17.8. The molecule has 0 aliphatic rings. The van der Waals surface area contributed by atoms with Gasteiger partial charge in [0.25, 0.3) is 0 Å². The van der Waals surface area contributed by atoms with Crippen molar-refractivity contribution in [3.8, 4) is 0 Å². The van der Waals surface area contributed by atoms with Crippen LogP contribution < -0.4 is 11.1 Å². The Kier molecular flexibility index (Phi) is 18.2.